The van der Waals surface area contributed by atoms with E-state index in [9.17, 15) is 0 Å². The van der Waals surface area contributed by atoms with Crippen LogP contribution in [0.15, 0.2) is 24.3 Å². The molecule has 0 N–H and O–H groups in total. The van der Waals surface area contributed by atoms with E-state index in [2.05, 4.69) is 19.4 Å². The van der Waals surface area contributed by atoms with Gasteiger partial charge in [-0.2, -0.15) is 0 Å². The molecule has 0 rings (SSSR count). The molecule has 0 heteroatoms. The highest BCUT2D eigenvalue weighted by atomic mass is 13.9. The van der Waals surface area contributed by atoms with Gasteiger partial charge in [0.05, 0.1) is 0 Å². The maximum atomic E-state index is 5.06. The van der Waals surface area contributed by atoms with Gasteiger partial charge >= 0.3 is 0 Å². The smallest absolute Gasteiger partial charge is 0.00897 e. The fourth-order valence-corrected chi connectivity index (χ4v) is 0.629. The Bertz CT molecular complexity index is 144. The number of hydrogen-bond acceptors (Lipinski definition) is 0. The van der Waals surface area contributed by atoms with Gasteiger partial charge in [0.25, 0.3) is 0 Å². The zero-order valence-electron chi connectivity index (χ0n) is 5.85. The van der Waals surface area contributed by atoms with Crippen molar-refractivity contribution >= 4 is 0 Å². The minimum Gasteiger partial charge on any atom is -0.115 e. The van der Waals surface area contributed by atoms with Crippen LogP contribution in [-0.4, -0.2) is 0 Å². The molecule has 0 atom stereocenters. The highest BCUT2D eigenvalue weighted by Gasteiger charge is 1.84. The van der Waals surface area contributed by atoms with E-state index >= 15 is 0 Å². The molecule has 0 fully saturated rings. The Labute approximate surface area is 57.3 Å². The van der Waals surface area contributed by atoms with Gasteiger partial charge in [-0.15, -0.1) is 6.42 Å². The summed E-state index contributed by atoms with van der Waals surface area (Å²) in [6, 6.07) is 0. The molecule has 0 aliphatic rings. The molecule has 0 nitrogen and oxygen atoms in total. The average molecular weight is 120 g/mol. The first-order valence-electron chi connectivity index (χ1n) is 3.12. The summed E-state index contributed by atoms with van der Waals surface area (Å²) in [5.41, 5.74) is 1.15. The molecule has 0 aromatic rings. The average Bonchev–Trinajstić information content (AvgIpc) is 1.88. The van der Waals surface area contributed by atoms with Crippen molar-refractivity contribution in [3.8, 4) is 12.3 Å². The van der Waals surface area contributed by atoms with Gasteiger partial charge in [0.2, 0.25) is 0 Å². The molecule has 0 radical (unpaired) electrons. The summed E-state index contributed by atoms with van der Waals surface area (Å²) >= 11 is 0. The minimum atomic E-state index is 1.04. The van der Waals surface area contributed by atoms with E-state index < -0.39 is 0 Å². The Hall–Kier alpha value is -0.960. The summed E-state index contributed by atoms with van der Waals surface area (Å²) < 4.78 is 0. The maximum absolute atomic E-state index is 5.06. The number of allylic oxidation sites excluding steroid dienone is 3. The van der Waals surface area contributed by atoms with Crippen LogP contribution in [0, 0.1) is 12.3 Å². The van der Waals surface area contributed by atoms with Crippen molar-refractivity contribution in [2.75, 3.05) is 0 Å². The molecule has 0 amide bonds. The maximum Gasteiger partial charge on any atom is -0.00897 e. The molecule has 0 aliphatic heterocycles. The lowest BCUT2D eigenvalue weighted by Crippen LogP contribution is -1.74. The van der Waals surface area contributed by atoms with Gasteiger partial charge in [0.15, 0.2) is 0 Å². The Morgan fingerprint density at radius 1 is 1.78 bits per heavy atom. The molecular formula is C9H12. The van der Waals surface area contributed by atoms with E-state index in [4.69, 9.17) is 6.42 Å². The van der Waals surface area contributed by atoms with Crippen LogP contribution in [-0.2, 0) is 0 Å². The fourth-order valence-electron chi connectivity index (χ4n) is 0.629. The molecule has 0 aromatic heterocycles. The molecule has 0 unspecified atom stereocenters. The summed E-state index contributed by atoms with van der Waals surface area (Å²) in [5, 5.41) is 0. The zero-order chi connectivity index (χ0) is 7.11. The van der Waals surface area contributed by atoms with Gasteiger partial charge in [0.1, 0.15) is 0 Å². The van der Waals surface area contributed by atoms with Crippen molar-refractivity contribution in [1.29, 1.82) is 0 Å². The zero-order valence-corrected chi connectivity index (χ0v) is 5.85. The van der Waals surface area contributed by atoms with Crippen LogP contribution >= 0.6 is 0 Å². The number of terminal acetylenes is 1. The first kappa shape index (κ1) is 8.04. The molecule has 0 aromatic carbocycles. The highest BCUT2D eigenvalue weighted by Crippen LogP contribution is 2.03. The number of hydrogen-bond donors (Lipinski definition) is 0. The lowest BCUT2D eigenvalue weighted by atomic mass is 10.1. The lowest BCUT2D eigenvalue weighted by molar-refractivity contribution is 0.928. The third kappa shape index (κ3) is 3.61. The van der Waals surface area contributed by atoms with Gasteiger partial charge in [-0.05, 0) is 18.1 Å². The predicted octanol–water partition coefficient (Wildman–Crippen LogP) is 2.53. The Morgan fingerprint density at radius 3 is 2.78 bits per heavy atom. The van der Waals surface area contributed by atoms with Crippen LogP contribution in [0.3, 0.4) is 0 Å². The van der Waals surface area contributed by atoms with Gasteiger partial charge in [-0.1, -0.05) is 31.9 Å². The van der Waals surface area contributed by atoms with E-state index in [-0.39, 0.29) is 0 Å². The van der Waals surface area contributed by atoms with E-state index in [1.807, 2.05) is 6.08 Å². The topological polar surface area (TPSA) is 0 Å². The molecule has 0 aliphatic carbocycles. The SMILES string of the molecule is C#CC=C(C=C)CCC. The second-order valence-corrected chi connectivity index (χ2v) is 1.84. The Morgan fingerprint density at radius 2 is 2.44 bits per heavy atom. The van der Waals surface area contributed by atoms with Crippen LogP contribution in [0.2, 0.25) is 0 Å². The van der Waals surface area contributed by atoms with E-state index in [0.717, 1.165) is 18.4 Å². The third-order valence-corrected chi connectivity index (χ3v) is 1.07. The summed E-state index contributed by atoms with van der Waals surface area (Å²) in [6.07, 6.45) is 10.8. The normalized spacial score (nSPS) is 10.4. The van der Waals surface area contributed by atoms with Crippen LogP contribution in [0.4, 0.5) is 0 Å². The summed E-state index contributed by atoms with van der Waals surface area (Å²) in [5.74, 6) is 2.47. The molecular weight excluding hydrogens is 108 g/mol. The van der Waals surface area contributed by atoms with Gasteiger partial charge in [0, 0.05) is 0 Å². The van der Waals surface area contributed by atoms with Crippen molar-refractivity contribution in [3.63, 3.8) is 0 Å². The predicted molar refractivity (Wildman–Crippen MR) is 42.0 cm³/mol. The van der Waals surface area contributed by atoms with Crippen molar-refractivity contribution in [2.24, 2.45) is 0 Å². The van der Waals surface area contributed by atoms with E-state index in [1.165, 1.54) is 0 Å². The van der Waals surface area contributed by atoms with Gasteiger partial charge in [-0.3, -0.25) is 0 Å². The highest BCUT2D eigenvalue weighted by molar-refractivity contribution is 5.25. The number of rotatable bonds is 3. The van der Waals surface area contributed by atoms with Crippen LogP contribution < -0.4 is 0 Å². The second kappa shape index (κ2) is 5.18. The van der Waals surface area contributed by atoms with Crippen LogP contribution in [0.1, 0.15) is 19.8 Å². The van der Waals surface area contributed by atoms with Gasteiger partial charge in [-0.25, -0.2) is 0 Å². The molecule has 48 valence electrons. The summed E-state index contributed by atoms with van der Waals surface area (Å²) in [7, 11) is 0. The largest absolute Gasteiger partial charge is 0.115 e. The van der Waals surface area contributed by atoms with Crippen molar-refractivity contribution < 1.29 is 0 Å². The molecule has 9 heavy (non-hydrogen) atoms. The van der Waals surface area contributed by atoms with Gasteiger partial charge < -0.3 is 0 Å². The van der Waals surface area contributed by atoms with Crippen molar-refractivity contribution in [1.82, 2.24) is 0 Å². The summed E-state index contributed by atoms with van der Waals surface area (Å²) in [6.45, 7) is 5.75. The first-order valence-corrected chi connectivity index (χ1v) is 3.12. The van der Waals surface area contributed by atoms with Crippen molar-refractivity contribution in [2.45, 2.75) is 19.8 Å². The Balaban J connectivity index is 3.85. The van der Waals surface area contributed by atoms with E-state index in [0.29, 0.717) is 0 Å². The van der Waals surface area contributed by atoms with Crippen LogP contribution in [0.5, 0.6) is 0 Å². The van der Waals surface area contributed by atoms with Crippen LogP contribution in [0.25, 0.3) is 0 Å². The molecule has 0 heterocycles. The molecule has 0 bridgehead atoms. The van der Waals surface area contributed by atoms with Crippen molar-refractivity contribution in [3.05, 3.63) is 24.3 Å². The molecule has 0 saturated carbocycles. The fraction of sp³-hybridized carbons (Fsp3) is 0.333. The minimum absolute atomic E-state index is 1.04. The standard InChI is InChI=1S/C9H12/c1-4-7-9(6-3)8-5-2/h1,6-7H,3,5,8H2,2H3. The third-order valence-electron chi connectivity index (χ3n) is 1.07. The monoisotopic (exact) mass is 120 g/mol. The summed E-state index contributed by atoms with van der Waals surface area (Å²) in [4.78, 5) is 0. The second-order valence-electron chi connectivity index (χ2n) is 1.84. The molecule has 0 saturated heterocycles. The lowest BCUT2D eigenvalue weighted by Gasteiger charge is -1.92. The quantitative estimate of drug-likeness (QED) is 0.396. The molecule has 0 spiro atoms. The Kier molecular flexibility index (Phi) is 4.63. The van der Waals surface area contributed by atoms with E-state index in [1.54, 1.807) is 6.08 Å². The first-order chi connectivity index (χ1) is 4.35.